The number of carbonyl (C=O) groups is 1. The number of fused-ring (bicyclic) bond motifs is 1. The summed E-state index contributed by atoms with van der Waals surface area (Å²) in [7, 11) is 4.15. The number of rotatable bonds is 10. The summed E-state index contributed by atoms with van der Waals surface area (Å²) < 4.78 is 0. The number of nitrogens with one attached hydrogen (secondary N) is 4. The molecule has 3 heterocycles. The Bertz CT molecular complexity index is 1360. The van der Waals surface area contributed by atoms with Crippen LogP contribution in [0.5, 0.6) is 0 Å². The molecular formula is C29H36N8O. The van der Waals surface area contributed by atoms with Crippen molar-refractivity contribution in [1.82, 2.24) is 30.1 Å². The van der Waals surface area contributed by atoms with Crippen LogP contribution in [-0.2, 0) is 6.54 Å². The van der Waals surface area contributed by atoms with E-state index in [4.69, 9.17) is 4.98 Å². The SMILES string of the molecule is CN(C)CCCNc1ccc(-c2nc3ccc(NC(=O)c4cccc(CN5CCNCC5)c4)cc3[nH]2)cn1. The molecule has 4 aromatic rings. The Morgan fingerprint density at radius 1 is 1.08 bits per heavy atom. The largest absolute Gasteiger partial charge is 0.370 e. The Hall–Kier alpha value is -3.79. The van der Waals surface area contributed by atoms with Gasteiger partial charge in [-0.25, -0.2) is 9.97 Å². The van der Waals surface area contributed by atoms with Gasteiger partial charge in [-0.05, 0) is 75.1 Å². The molecule has 1 fully saturated rings. The molecule has 2 aromatic heterocycles. The van der Waals surface area contributed by atoms with Gasteiger partial charge in [-0.3, -0.25) is 9.69 Å². The summed E-state index contributed by atoms with van der Waals surface area (Å²) in [5, 5.41) is 9.76. The number of anilines is 2. The number of pyridine rings is 1. The third kappa shape index (κ3) is 6.74. The molecule has 198 valence electrons. The lowest BCUT2D eigenvalue weighted by Gasteiger charge is -2.27. The van der Waals surface area contributed by atoms with E-state index >= 15 is 0 Å². The number of piperazine rings is 1. The minimum atomic E-state index is -0.121. The van der Waals surface area contributed by atoms with Crippen molar-refractivity contribution in [3.05, 3.63) is 71.9 Å². The molecule has 9 heteroatoms. The second-order valence-corrected chi connectivity index (χ2v) is 10.0. The van der Waals surface area contributed by atoms with Gasteiger partial charge in [0.15, 0.2) is 0 Å². The van der Waals surface area contributed by atoms with Gasteiger partial charge in [0.2, 0.25) is 0 Å². The van der Waals surface area contributed by atoms with Crippen molar-refractivity contribution in [2.24, 2.45) is 0 Å². The predicted octanol–water partition coefficient (Wildman–Crippen LogP) is 3.65. The lowest BCUT2D eigenvalue weighted by molar-refractivity contribution is 0.102. The Morgan fingerprint density at radius 3 is 2.74 bits per heavy atom. The monoisotopic (exact) mass is 512 g/mol. The standard InChI is InChI=1S/C29H36N8O/c1-36(2)14-4-11-31-27-10-7-23(19-32-27)28-34-25-9-8-24(18-26(25)35-28)33-29(38)22-6-3-5-21(17-22)20-37-15-12-30-13-16-37/h3,5-10,17-19,30H,4,11-16,20H2,1-2H3,(H,31,32)(H,33,38)(H,34,35). The van der Waals surface area contributed by atoms with Crippen LogP contribution in [0.25, 0.3) is 22.4 Å². The zero-order valence-electron chi connectivity index (χ0n) is 22.1. The topological polar surface area (TPSA) is 101 Å². The van der Waals surface area contributed by atoms with Crippen LogP contribution in [0.2, 0.25) is 0 Å². The molecule has 1 amide bonds. The highest BCUT2D eigenvalue weighted by Gasteiger charge is 2.13. The number of nitrogens with zero attached hydrogens (tertiary/aromatic N) is 4. The highest BCUT2D eigenvalue weighted by atomic mass is 16.1. The molecule has 0 unspecified atom stereocenters. The van der Waals surface area contributed by atoms with Gasteiger partial charge in [-0.15, -0.1) is 0 Å². The first kappa shape index (κ1) is 25.8. The Kier molecular flexibility index (Phi) is 8.28. The number of imidazole rings is 1. The molecule has 5 rings (SSSR count). The molecule has 0 saturated carbocycles. The molecule has 1 saturated heterocycles. The van der Waals surface area contributed by atoms with Gasteiger partial charge < -0.3 is 25.8 Å². The first-order chi connectivity index (χ1) is 18.5. The Balaban J connectivity index is 1.22. The number of hydrogen-bond acceptors (Lipinski definition) is 7. The second kappa shape index (κ2) is 12.2. The van der Waals surface area contributed by atoms with Crippen LogP contribution in [0.4, 0.5) is 11.5 Å². The van der Waals surface area contributed by atoms with Gasteiger partial charge in [0.25, 0.3) is 5.91 Å². The van der Waals surface area contributed by atoms with Crippen LogP contribution in [0.3, 0.4) is 0 Å². The molecular weight excluding hydrogens is 476 g/mol. The van der Waals surface area contributed by atoms with Gasteiger partial charge in [-0.1, -0.05) is 12.1 Å². The molecule has 1 aliphatic heterocycles. The quantitative estimate of drug-likeness (QED) is 0.241. The minimum absolute atomic E-state index is 0.121. The van der Waals surface area contributed by atoms with Crippen molar-refractivity contribution in [3.8, 4) is 11.4 Å². The summed E-state index contributed by atoms with van der Waals surface area (Å²) in [6.07, 6.45) is 2.88. The van der Waals surface area contributed by atoms with Crippen LogP contribution in [0.1, 0.15) is 22.3 Å². The molecule has 4 N–H and O–H groups in total. The van der Waals surface area contributed by atoms with E-state index in [0.29, 0.717) is 5.56 Å². The summed E-state index contributed by atoms with van der Waals surface area (Å²) >= 11 is 0. The molecule has 38 heavy (non-hydrogen) atoms. The Morgan fingerprint density at radius 2 is 1.95 bits per heavy atom. The molecule has 2 aromatic carbocycles. The fraction of sp³-hybridized carbons (Fsp3) is 0.345. The average Bonchev–Trinajstić information content (AvgIpc) is 3.36. The maximum absolute atomic E-state index is 13.0. The normalized spacial score (nSPS) is 14.2. The molecule has 0 atom stereocenters. The van der Waals surface area contributed by atoms with Gasteiger partial charge in [0, 0.05) is 62.3 Å². The van der Waals surface area contributed by atoms with Crippen molar-refractivity contribution in [2.45, 2.75) is 13.0 Å². The van der Waals surface area contributed by atoms with E-state index in [1.54, 1.807) is 0 Å². The summed E-state index contributed by atoms with van der Waals surface area (Å²) in [6.45, 7) is 6.84. The smallest absolute Gasteiger partial charge is 0.255 e. The lowest BCUT2D eigenvalue weighted by Crippen LogP contribution is -2.42. The summed E-state index contributed by atoms with van der Waals surface area (Å²) in [5.41, 5.74) is 5.13. The van der Waals surface area contributed by atoms with Gasteiger partial charge >= 0.3 is 0 Å². The van der Waals surface area contributed by atoms with Crippen molar-refractivity contribution < 1.29 is 4.79 Å². The molecule has 0 spiro atoms. The van der Waals surface area contributed by atoms with Crippen molar-refractivity contribution >= 4 is 28.4 Å². The Labute approximate surface area is 223 Å². The molecule has 0 bridgehead atoms. The van der Waals surface area contributed by atoms with Crippen LogP contribution >= 0.6 is 0 Å². The zero-order valence-corrected chi connectivity index (χ0v) is 22.1. The van der Waals surface area contributed by atoms with E-state index in [2.05, 4.69) is 55.9 Å². The van der Waals surface area contributed by atoms with Crippen LogP contribution in [-0.4, -0.2) is 84.0 Å². The molecule has 0 radical (unpaired) electrons. The molecule has 1 aliphatic rings. The van der Waals surface area contributed by atoms with E-state index in [0.717, 1.165) is 91.7 Å². The zero-order chi connectivity index (χ0) is 26.3. The second-order valence-electron chi connectivity index (χ2n) is 10.0. The highest BCUT2D eigenvalue weighted by molar-refractivity contribution is 6.05. The summed E-state index contributed by atoms with van der Waals surface area (Å²) in [4.78, 5) is 30.2. The number of H-pyrrole nitrogens is 1. The summed E-state index contributed by atoms with van der Waals surface area (Å²) in [6, 6.07) is 17.6. The number of aromatic nitrogens is 3. The van der Waals surface area contributed by atoms with E-state index in [1.807, 2.05) is 54.7 Å². The van der Waals surface area contributed by atoms with Crippen molar-refractivity contribution in [2.75, 3.05) is 64.0 Å². The van der Waals surface area contributed by atoms with Crippen molar-refractivity contribution in [3.63, 3.8) is 0 Å². The first-order valence-electron chi connectivity index (χ1n) is 13.2. The molecule has 9 nitrogen and oxygen atoms in total. The predicted molar refractivity (Wildman–Crippen MR) is 154 cm³/mol. The van der Waals surface area contributed by atoms with Crippen LogP contribution < -0.4 is 16.0 Å². The van der Waals surface area contributed by atoms with Gasteiger partial charge in [0.05, 0.1) is 11.0 Å². The van der Waals surface area contributed by atoms with Crippen LogP contribution in [0, 0.1) is 0 Å². The van der Waals surface area contributed by atoms with E-state index in [-0.39, 0.29) is 5.91 Å². The fourth-order valence-corrected chi connectivity index (χ4v) is 4.62. The van der Waals surface area contributed by atoms with E-state index in [1.165, 1.54) is 0 Å². The fourth-order valence-electron chi connectivity index (χ4n) is 4.62. The minimum Gasteiger partial charge on any atom is -0.370 e. The number of carbonyl (C=O) groups excluding carboxylic acids is 1. The van der Waals surface area contributed by atoms with Gasteiger partial charge in [0.1, 0.15) is 11.6 Å². The third-order valence-electron chi connectivity index (χ3n) is 6.67. The average molecular weight is 513 g/mol. The first-order valence-corrected chi connectivity index (χ1v) is 13.2. The number of aromatic amines is 1. The van der Waals surface area contributed by atoms with E-state index < -0.39 is 0 Å². The number of hydrogen-bond donors (Lipinski definition) is 4. The third-order valence-corrected chi connectivity index (χ3v) is 6.67. The summed E-state index contributed by atoms with van der Waals surface area (Å²) in [5.74, 6) is 1.48. The lowest BCUT2D eigenvalue weighted by atomic mass is 10.1. The number of amides is 1. The maximum Gasteiger partial charge on any atom is 0.255 e. The van der Waals surface area contributed by atoms with Gasteiger partial charge in [-0.2, -0.15) is 0 Å². The molecule has 0 aliphatic carbocycles. The van der Waals surface area contributed by atoms with E-state index in [9.17, 15) is 4.79 Å². The highest BCUT2D eigenvalue weighted by Crippen LogP contribution is 2.24. The maximum atomic E-state index is 13.0. The van der Waals surface area contributed by atoms with Crippen LogP contribution in [0.15, 0.2) is 60.8 Å². The number of benzene rings is 2. The van der Waals surface area contributed by atoms with Crippen molar-refractivity contribution in [1.29, 1.82) is 0 Å².